The number of aromatic nitrogens is 2. The third kappa shape index (κ3) is 2.48. The van der Waals surface area contributed by atoms with E-state index in [1.807, 2.05) is 0 Å². The highest BCUT2D eigenvalue weighted by Gasteiger charge is 2.14. The molecule has 0 fully saturated rings. The van der Waals surface area contributed by atoms with E-state index in [2.05, 4.69) is 14.9 Å². The van der Waals surface area contributed by atoms with Crippen molar-refractivity contribution in [2.24, 2.45) is 5.73 Å². The molecule has 1 aromatic heterocycles. The minimum atomic E-state index is -3.63. The van der Waals surface area contributed by atoms with E-state index in [4.69, 9.17) is 11.1 Å². The molecule has 94 valence electrons. The monoisotopic (exact) mass is 265 g/mol. The van der Waals surface area contributed by atoms with Crippen molar-refractivity contribution in [1.82, 2.24) is 10.2 Å². The van der Waals surface area contributed by atoms with Crippen molar-refractivity contribution >= 4 is 21.5 Å². The topological polar surface area (TPSA) is 125 Å². The largest absolute Gasteiger partial charge is 0.384 e. The first-order valence-corrected chi connectivity index (χ1v) is 6.43. The van der Waals surface area contributed by atoms with Crippen LogP contribution in [-0.2, 0) is 10.0 Å². The molecule has 0 bridgehead atoms. The SMILES string of the molecule is N=C(N)c1ccc(NS(=O)(=O)c2cn[nH]c2)cc1. The molecule has 2 rings (SSSR count). The van der Waals surface area contributed by atoms with E-state index in [-0.39, 0.29) is 10.7 Å². The summed E-state index contributed by atoms with van der Waals surface area (Å²) in [5, 5.41) is 13.2. The fraction of sp³-hybridized carbons (Fsp3) is 0. The number of amidine groups is 1. The number of benzene rings is 1. The zero-order chi connectivity index (χ0) is 13.2. The molecule has 1 heterocycles. The van der Waals surface area contributed by atoms with Gasteiger partial charge in [0.05, 0.1) is 6.20 Å². The van der Waals surface area contributed by atoms with E-state index in [0.29, 0.717) is 11.3 Å². The predicted molar refractivity (Wildman–Crippen MR) is 66.9 cm³/mol. The zero-order valence-corrected chi connectivity index (χ0v) is 10.0. The minimum absolute atomic E-state index is 0.0538. The van der Waals surface area contributed by atoms with Crippen molar-refractivity contribution in [3.63, 3.8) is 0 Å². The van der Waals surface area contributed by atoms with Gasteiger partial charge in [0, 0.05) is 17.4 Å². The van der Waals surface area contributed by atoms with Crippen LogP contribution in [0.15, 0.2) is 41.6 Å². The molecule has 0 atom stereocenters. The van der Waals surface area contributed by atoms with E-state index in [9.17, 15) is 8.42 Å². The summed E-state index contributed by atoms with van der Waals surface area (Å²) in [5.41, 5.74) is 6.22. The maximum Gasteiger partial charge on any atom is 0.265 e. The molecule has 7 nitrogen and oxygen atoms in total. The summed E-state index contributed by atoms with van der Waals surface area (Å²) < 4.78 is 26.1. The maximum absolute atomic E-state index is 11.8. The molecule has 0 unspecified atom stereocenters. The third-order valence-corrected chi connectivity index (χ3v) is 3.58. The Balaban J connectivity index is 2.22. The smallest absolute Gasteiger partial charge is 0.265 e. The number of anilines is 1. The van der Waals surface area contributed by atoms with Crippen molar-refractivity contribution in [1.29, 1.82) is 5.41 Å². The van der Waals surface area contributed by atoms with E-state index in [0.717, 1.165) is 0 Å². The lowest BCUT2D eigenvalue weighted by Gasteiger charge is -2.06. The lowest BCUT2D eigenvalue weighted by Crippen LogP contribution is -2.13. The summed E-state index contributed by atoms with van der Waals surface area (Å²) in [6.45, 7) is 0. The lowest BCUT2D eigenvalue weighted by atomic mass is 10.2. The highest BCUT2D eigenvalue weighted by molar-refractivity contribution is 7.92. The Kier molecular flexibility index (Phi) is 3.02. The van der Waals surface area contributed by atoms with Gasteiger partial charge in [0.15, 0.2) is 0 Å². The summed E-state index contributed by atoms with van der Waals surface area (Å²) in [7, 11) is -3.63. The number of hydrogen-bond donors (Lipinski definition) is 4. The first kappa shape index (κ1) is 12.1. The number of aromatic amines is 1. The average Bonchev–Trinajstić information content (AvgIpc) is 2.83. The molecule has 2 aromatic rings. The highest BCUT2D eigenvalue weighted by atomic mass is 32.2. The van der Waals surface area contributed by atoms with Crippen LogP contribution >= 0.6 is 0 Å². The van der Waals surface area contributed by atoms with Crippen LogP contribution in [0.4, 0.5) is 5.69 Å². The van der Waals surface area contributed by atoms with Crippen molar-refractivity contribution in [3.8, 4) is 0 Å². The number of sulfonamides is 1. The number of nitrogens with zero attached hydrogens (tertiary/aromatic N) is 1. The second kappa shape index (κ2) is 4.49. The van der Waals surface area contributed by atoms with E-state index < -0.39 is 10.0 Å². The first-order chi connectivity index (χ1) is 8.49. The van der Waals surface area contributed by atoms with Crippen LogP contribution in [-0.4, -0.2) is 24.5 Å². The van der Waals surface area contributed by atoms with E-state index >= 15 is 0 Å². The lowest BCUT2D eigenvalue weighted by molar-refractivity contribution is 0.601. The van der Waals surface area contributed by atoms with Crippen molar-refractivity contribution in [2.45, 2.75) is 4.90 Å². The maximum atomic E-state index is 11.8. The quantitative estimate of drug-likeness (QED) is 0.474. The first-order valence-electron chi connectivity index (χ1n) is 4.95. The number of nitrogen functional groups attached to an aromatic ring is 1. The molecule has 0 spiro atoms. The fourth-order valence-electron chi connectivity index (χ4n) is 1.32. The Labute approximate surface area is 104 Å². The van der Waals surface area contributed by atoms with Gasteiger partial charge in [-0.1, -0.05) is 0 Å². The summed E-state index contributed by atoms with van der Waals surface area (Å²) in [6, 6.07) is 6.20. The van der Waals surface area contributed by atoms with Gasteiger partial charge in [-0.15, -0.1) is 0 Å². The Morgan fingerprint density at radius 2 is 2.00 bits per heavy atom. The van der Waals surface area contributed by atoms with Crippen LogP contribution in [0.1, 0.15) is 5.56 Å². The molecule has 5 N–H and O–H groups in total. The molecular formula is C10H11N5O2S. The normalized spacial score (nSPS) is 11.1. The molecule has 8 heteroatoms. The van der Waals surface area contributed by atoms with E-state index in [1.165, 1.54) is 24.5 Å². The Bertz CT molecular complexity index is 646. The highest BCUT2D eigenvalue weighted by Crippen LogP contribution is 2.15. The molecule has 0 amide bonds. The Morgan fingerprint density at radius 3 is 2.50 bits per heavy atom. The van der Waals surface area contributed by atoms with Gasteiger partial charge in [-0.3, -0.25) is 15.2 Å². The molecule has 0 aliphatic heterocycles. The predicted octanol–water partition coefficient (Wildman–Crippen LogP) is 0.495. The van der Waals surface area contributed by atoms with Crippen molar-refractivity contribution < 1.29 is 8.42 Å². The number of nitrogens with one attached hydrogen (secondary N) is 3. The van der Waals surface area contributed by atoms with Gasteiger partial charge in [-0.25, -0.2) is 8.42 Å². The fourth-order valence-corrected chi connectivity index (χ4v) is 2.28. The number of nitrogens with two attached hydrogens (primary N) is 1. The molecule has 0 radical (unpaired) electrons. The van der Waals surface area contributed by atoms with Gasteiger partial charge >= 0.3 is 0 Å². The Morgan fingerprint density at radius 1 is 1.33 bits per heavy atom. The van der Waals surface area contributed by atoms with Gasteiger partial charge in [0.25, 0.3) is 10.0 Å². The van der Waals surface area contributed by atoms with Crippen LogP contribution < -0.4 is 10.5 Å². The molecule has 0 saturated heterocycles. The third-order valence-electron chi connectivity index (χ3n) is 2.23. The molecule has 0 aliphatic rings. The minimum Gasteiger partial charge on any atom is -0.384 e. The molecule has 0 saturated carbocycles. The summed E-state index contributed by atoms with van der Waals surface area (Å²) in [4.78, 5) is 0.0538. The van der Waals surface area contributed by atoms with Crippen LogP contribution in [0.25, 0.3) is 0 Å². The number of H-pyrrole nitrogens is 1. The Hall–Kier alpha value is -2.35. The van der Waals surface area contributed by atoms with Crippen molar-refractivity contribution in [3.05, 3.63) is 42.2 Å². The zero-order valence-electron chi connectivity index (χ0n) is 9.21. The number of rotatable bonds is 4. The van der Waals surface area contributed by atoms with Crippen LogP contribution in [0.3, 0.4) is 0 Å². The van der Waals surface area contributed by atoms with Gasteiger partial charge in [0.1, 0.15) is 10.7 Å². The second-order valence-electron chi connectivity index (χ2n) is 3.53. The van der Waals surface area contributed by atoms with E-state index in [1.54, 1.807) is 12.1 Å². The van der Waals surface area contributed by atoms with Gasteiger partial charge in [-0.05, 0) is 24.3 Å². The van der Waals surface area contributed by atoms with Gasteiger partial charge in [-0.2, -0.15) is 5.10 Å². The van der Waals surface area contributed by atoms with Gasteiger partial charge in [0.2, 0.25) is 0 Å². The van der Waals surface area contributed by atoms with Gasteiger partial charge < -0.3 is 5.73 Å². The summed E-state index contributed by atoms with van der Waals surface area (Å²) in [5.74, 6) is -0.0701. The second-order valence-corrected chi connectivity index (χ2v) is 5.21. The van der Waals surface area contributed by atoms with Crippen LogP contribution in [0.5, 0.6) is 0 Å². The molecule has 1 aromatic carbocycles. The summed E-state index contributed by atoms with van der Waals surface area (Å²) >= 11 is 0. The van der Waals surface area contributed by atoms with Crippen LogP contribution in [0.2, 0.25) is 0 Å². The number of hydrogen-bond acceptors (Lipinski definition) is 4. The van der Waals surface area contributed by atoms with Crippen molar-refractivity contribution in [2.75, 3.05) is 4.72 Å². The standard InChI is InChI=1S/C10H11N5O2S/c11-10(12)7-1-3-8(4-2-7)15-18(16,17)9-5-13-14-6-9/h1-6,15H,(H3,11,12)(H,13,14). The molecule has 0 aliphatic carbocycles. The molecule has 18 heavy (non-hydrogen) atoms. The van der Waals surface area contributed by atoms with Crippen LogP contribution in [0, 0.1) is 5.41 Å². The molecular weight excluding hydrogens is 254 g/mol. The average molecular weight is 265 g/mol. The summed E-state index contributed by atoms with van der Waals surface area (Å²) in [6.07, 6.45) is 2.50.